The lowest BCUT2D eigenvalue weighted by molar-refractivity contribution is 0.177. The zero-order chi connectivity index (χ0) is 14.6. The quantitative estimate of drug-likeness (QED) is 0.855. The maximum atomic E-state index is 5.61. The van der Waals surface area contributed by atoms with Crippen LogP contribution in [0.1, 0.15) is 37.9 Å². The first-order chi connectivity index (χ1) is 8.83. The average Bonchev–Trinajstić information content (AvgIpc) is 2.32. The third kappa shape index (κ3) is 3.71. The number of ether oxygens (including phenoxy) is 1. The normalized spacial score (nSPS) is 13.7. The van der Waals surface area contributed by atoms with Crippen molar-refractivity contribution in [1.29, 1.82) is 0 Å². The van der Waals surface area contributed by atoms with Gasteiger partial charge in [-0.05, 0) is 66.0 Å². The lowest BCUT2D eigenvalue weighted by atomic mass is 9.87. The van der Waals surface area contributed by atoms with E-state index in [1.54, 1.807) is 0 Å². The Morgan fingerprint density at radius 2 is 1.95 bits per heavy atom. The first-order valence-corrected chi connectivity index (χ1v) is 6.92. The van der Waals surface area contributed by atoms with Gasteiger partial charge in [-0.25, -0.2) is 0 Å². The van der Waals surface area contributed by atoms with Crippen LogP contribution in [-0.4, -0.2) is 38.2 Å². The minimum Gasteiger partial charge on any atom is -0.494 e. The van der Waals surface area contributed by atoms with Crippen LogP contribution in [0, 0.1) is 6.92 Å². The van der Waals surface area contributed by atoms with Crippen molar-refractivity contribution in [3.63, 3.8) is 0 Å². The van der Waals surface area contributed by atoms with Gasteiger partial charge in [-0.1, -0.05) is 12.1 Å². The molecule has 0 aliphatic heterocycles. The molecule has 0 spiro atoms. The summed E-state index contributed by atoms with van der Waals surface area (Å²) in [5, 5.41) is 3.41. The summed E-state index contributed by atoms with van der Waals surface area (Å²) in [5.74, 6) is 0.978. The van der Waals surface area contributed by atoms with Crippen molar-refractivity contribution >= 4 is 0 Å². The Morgan fingerprint density at radius 3 is 2.37 bits per heavy atom. The summed E-state index contributed by atoms with van der Waals surface area (Å²) < 4.78 is 5.61. The molecule has 0 saturated heterocycles. The van der Waals surface area contributed by atoms with Gasteiger partial charge in [-0.15, -0.1) is 0 Å². The third-order valence-electron chi connectivity index (χ3n) is 3.66. The van der Waals surface area contributed by atoms with Crippen molar-refractivity contribution in [3.05, 3.63) is 29.3 Å². The number of nitrogens with one attached hydrogen (secondary N) is 1. The molecule has 1 unspecified atom stereocenters. The summed E-state index contributed by atoms with van der Waals surface area (Å²) in [6.45, 7) is 9.28. The maximum absolute atomic E-state index is 5.61. The van der Waals surface area contributed by atoms with E-state index >= 15 is 0 Å². The minimum absolute atomic E-state index is 0.00305. The van der Waals surface area contributed by atoms with Gasteiger partial charge < -0.3 is 15.0 Å². The van der Waals surface area contributed by atoms with Crippen molar-refractivity contribution in [2.75, 3.05) is 27.7 Å². The van der Waals surface area contributed by atoms with Crippen LogP contribution in [0.15, 0.2) is 18.2 Å². The zero-order valence-electron chi connectivity index (χ0n) is 13.4. The standard InChI is InChI=1S/C16H28N2O/c1-8-19-14-10-9-13(11-12(14)2)15(18(6)7)16(3,4)17-5/h9-11,15,17H,8H2,1-7H3. The number of aryl methyl sites for hydroxylation is 1. The van der Waals surface area contributed by atoms with Gasteiger partial charge in [0.25, 0.3) is 0 Å². The van der Waals surface area contributed by atoms with Crippen LogP contribution >= 0.6 is 0 Å². The molecule has 1 aromatic carbocycles. The second-order valence-corrected chi connectivity index (χ2v) is 5.80. The molecule has 0 amide bonds. The molecule has 0 aliphatic carbocycles. The van der Waals surface area contributed by atoms with Crippen molar-refractivity contribution in [3.8, 4) is 5.75 Å². The highest BCUT2D eigenvalue weighted by Gasteiger charge is 2.31. The fraction of sp³-hybridized carbons (Fsp3) is 0.625. The van der Waals surface area contributed by atoms with Gasteiger partial charge >= 0.3 is 0 Å². The fourth-order valence-electron chi connectivity index (χ4n) is 2.66. The second kappa shape index (κ2) is 6.40. The number of hydrogen-bond donors (Lipinski definition) is 1. The van der Waals surface area contributed by atoms with Crippen LogP contribution < -0.4 is 10.1 Å². The van der Waals surface area contributed by atoms with Crippen LogP contribution in [0.4, 0.5) is 0 Å². The molecule has 108 valence electrons. The highest BCUT2D eigenvalue weighted by atomic mass is 16.5. The van der Waals surface area contributed by atoms with E-state index < -0.39 is 0 Å². The molecular formula is C16H28N2O. The summed E-state index contributed by atoms with van der Waals surface area (Å²) >= 11 is 0. The Morgan fingerprint density at radius 1 is 1.32 bits per heavy atom. The maximum Gasteiger partial charge on any atom is 0.122 e. The monoisotopic (exact) mass is 264 g/mol. The topological polar surface area (TPSA) is 24.5 Å². The first kappa shape index (κ1) is 16.0. The third-order valence-corrected chi connectivity index (χ3v) is 3.66. The molecule has 0 fully saturated rings. The molecular weight excluding hydrogens is 236 g/mol. The Balaban J connectivity index is 3.15. The minimum atomic E-state index is 0.00305. The predicted molar refractivity (Wildman–Crippen MR) is 81.9 cm³/mol. The molecule has 1 atom stereocenters. The molecule has 19 heavy (non-hydrogen) atoms. The number of hydrogen-bond acceptors (Lipinski definition) is 3. The van der Waals surface area contributed by atoms with Gasteiger partial charge in [0.05, 0.1) is 12.6 Å². The number of rotatable bonds is 6. The summed E-state index contributed by atoms with van der Waals surface area (Å²) in [7, 11) is 6.25. The second-order valence-electron chi connectivity index (χ2n) is 5.80. The van der Waals surface area contributed by atoms with E-state index in [9.17, 15) is 0 Å². The van der Waals surface area contributed by atoms with Crippen LogP contribution in [0.2, 0.25) is 0 Å². The van der Waals surface area contributed by atoms with E-state index in [1.807, 2.05) is 14.0 Å². The Hall–Kier alpha value is -1.06. The zero-order valence-corrected chi connectivity index (χ0v) is 13.4. The molecule has 0 saturated carbocycles. The van der Waals surface area contributed by atoms with Crippen molar-refractivity contribution in [1.82, 2.24) is 10.2 Å². The van der Waals surface area contributed by atoms with E-state index in [4.69, 9.17) is 4.74 Å². The van der Waals surface area contributed by atoms with E-state index in [-0.39, 0.29) is 5.54 Å². The SMILES string of the molecule is CCOc1ccc(C(N(C)C)C(C)(C)NC)cc1C. The molecule has 3 nitrogen and oxygen atoms in total. The molecule has 3 heteroatoms. The predicted octanol–water partition coefficient (Wildman–Crippen LogP) is 2.99. The van der Waals surface area contributed by atoms with Gasteiger partial charge in [0.15, 0.2) is 0 Å². The van der Waals surface area contributed by atoms with Gasteiger partial charge in [-0.3, -0.25) is 0 Å². The Bertz CT molecular complexity index is 413. The van der Waals surface area contributed by atoms with Crippen molar-refractivity contribution in [2.24, 2.45) is 0 Å². The smallest absolute Gasteiger partial charge is 0.122 e. The van der Waals surface area contributed by atoms with Crippen molar-refractivity contribution < 1.29 is 4.74 Å². The highest BCUT2D eigenvalue weighted by molar-refractivity contribution is 5.38. The largest absolute Gasteiger partial charge is 0.494 e. The molecule has 1 N–H and O–H groups in total. The van der Waals surface area contributed by atoms with Gasteiger partial charge in [0, 0.05) is 5.54 Å². The molecule has 1 aromatic rings. The lowest BCUT2D eigenvalue weighted by Gasteiger charge is -2.39. The molecule has 0 radical (unpaired) electrons. The molecule has 0 aliphatic rings. The van der Waals surface area contributed by atoms with Crippen LogP contribution in [0.5, 0.6) is 5.75 Å². The molecule has 0 heterocycles. The average molecular weight is 264 g/mol. The van der Waals surface area contributed by atoms with Gasteiger partial charge in [-0.2, -0.15) is 0 Å². The summed E-state index contributed by atoms with van der Waals surface area (Å²) in [5.41, 5.74) is 2.51. The number of likely N-dealkylation sites (N-methyl/N-ethyl adjacent to an activating group) is 2. The van der Waals surface area contributed by atoms with Crippen LogP contribution in [0.25, 0.3) is 0 Å². The summed E-state index contributed by atoms with van der Waals surface area (Å²) in [6.07, 6.45) is 0. The van der Waals surface area contributed by atoms with Gasteiger partial charge in [0.2, 0.25) is 0 Å². The van der Waals surface area contributed by atoms with Crippen molar-refractivity contribution in [2.45, 2.75) is 39.3 Å². The molecule has 1 rings (SSSR count). The number of nitrogens with zero attached hydrogens (tertiary/aromatic N) is 1. The van der Waals surface area contributed by atoms with E-state index in [1.165, 1.54) is 11.1 Å². The molecule has 0 aromatic heterocycles. The number of benzene rings is 1. The van der Waals surface area contributed by atoms with E-state index in [0.717, 1.165) is 5.75 Å². The first-order valence-electron chi connectivity index (χ1n) is 6.92. The van der Waals surface area contributed by atoms with Crippen LogP contribution in [0.3, 0.4) is 0 Å². The highest BCUT2D eigenvalue weighted by Crippen LogP contribution is 2.32. The summed E-state index contributed by atoms with van der Waals surface area (Å²) in [4.78, 5) is 2.26. The fourth-order valence-corrected chi connectivity index (χ4v) is 2.66. The lowest BCUT2D eigenvalue weighted by Crippen LogP contribution is -2.48. The Labute approximate surface area is 118 Å². The molecule has 0 bridgehead atoms. The van der Waals surface area contributed by atoms with E-state index in [0.29, 0.717) is 12.6 Å². The summed E-state index contributed by atoms with van der Waals surface area (Å²) in [6, 6.07) is 6.79. The van der Waals surface area contributed by atoms with Gasteiger partial charge in [0.1, 0.15) is 5.75 Å². The Kier molecular flexibility index (Phi) is 5.39. The van der Waals surface area contributed by atoms with Crippen LogP contribution in [-0.2, 0) is 0 Å². The van der Waals surface area contributed by atoms with E-state index in [2.05, 4.69) is 63.3 Å².